The van der Waals surface area contributed by atoms with Crippen molar-refractivity contribution in [3.8, 4) is 0 Å². The Labute approximate surface area is 190 Å². The maximum absolute atomic E-state index is 12.3. The maximum Gasteiger partial charge on any atom is 0.330 e. The van der Waals surface area contributed by atoms with Gasteiger partial charge in [0, 0.05) is 31.6 Å². The molecular weight excluding hydrogens is 446 g/mol. The molecule has 0 saturated carbocycles. The number of unbranched alkanes of at least 4 members (excludes halogenated alkanes) is 3. The number of alkyl halides is 1. The van der Waals surface area contributed by atoms with Crippen LogP contribution in [-0.4, -0.2) is 83.3 Å². The molecule has 1 unspecified atom stereocenters. The molecule has 32 heavy (non-hydrogen) atoms. The highest BCUT2D eigenvalue weighted by molar-refractivity contribution is 6.17. The molecule has 1 aromatic heterocycles. The Morgan fingerprint density at radius 3 is 2.59 bits per heavy atom. The minimum Gasteiger partial charge on any atom is -0.394 e. The van der Waals surface area contributed by atoms with Crippen molar-refractivity contribution in [1.82, 2.24) is 14.9 Å². The first-order chi connectivity index (χ1) is 15.5. The molecule has 1 amide bonds. The van der Waals surface area contributed by atoms with Gasteiger partial charge in [-0.05, 0) is 12.8 Å². The average molecular weight is 478 g/mol. The number of aromatic amines is 1. The Balaban J connectivity index is 1.71. The van der Waals surface area contributed by atoms with Gasteiger partial charge in [-0.15, -0.1) is 11.6 Å². The number of hydrogen-bond donors (Lipinski definition) is 4. The van der Waals surface area contributed by atoms with E-state index in [1.54, 1.807) is 0 Å². The number of aliphatic hydroxyl groups is 2. The molecule has 0 radical (unpaired) electrons. The van der Waals surface area contributed by atoms with Gasteiger partial charge < -0.3 is 29.7 Å². The van der Waals surface area contributed by atoms with Gasteiger partial charge in [0.05, 0.1) is 32.5 Å². The van der Waals surface area contributed by atoms with E-state index < -0.39 is 42.2 Å². The van der Waals surface area contributed by atoms with Gasteiger partial charge >= 0.3 is 5.69 Å². The third kappa shape index (κ3) is 8.30. The average Bonchev–Trinajstić information content (AvgIpc) is 3.14. The zero-order valence-electron chi connectivity index (χ0n) is 18.0. The first-order valence-electron chi connectivity index (χ1n) is 10.8. The van der Waals surface area contributed by atoms with E-state index in [-0.39, 0.29) is 25.1 Å². The fourth-order valence-electron chi connectivity index (χ4n) is 3.22. The summed E-state index contributed by atoms with van der Waals surface area (Å²) in [7, 11) is 0. The van der Waals surface area contributed by atoms with Gasteiger partial charge in [0.1, 0.15) is 17.9 Å². The second kappa shape index (κ2) is 14.4. The second-order valence-corrected chi connectivity index (χ2v) is 7.79. The second-order valence-electron chi connectivity index (χ2n) is 7.41. The summed E-state index contributed by atoms with van der Waals surface area (Å²) in [4.78, 5) is 38.5. The number of rotatable bonds is 15. The van der Waals surface area contributed by atoms with E-state index in [9.17, 15) is 24.6 Å². The van der Waals surface area contributed by atoms with Gasteiger partial charge in [-0.25, -0.2) is 4.79 Å². The lowest BCUT2D eigenvalue weighted by Crippen LogP contribution is -2.39. The van der Waals surface area contributed by atoms with E-state index in [0.29, 0.717) is 25.7 Å². The molecule has 3 atom stereocenters. The molecule has 1 aliphatic rings. The smallest absolute Gasteiger partial charge is 0.330 e. The van der Waals surface area contributed by atoms with Gasteiger partial charge in [0.2, 0.25) is 0 Å². The molecule has 182 valence electrons. The molecular formula is C20H32ClN3O8. The van der Waals surface area contributed by atoms with Gasteiger partial charge in [-0.2, -0.15) is 0 Å². The minimum atomic E-state index is -0.960. The van der Waals surface area contributed by atoms with Crippen LogP contribution >= 0.6 is 11.6 Å². The lowest BCUT2D eigenvalue weighted by Gasteiger charge is -2.15. The van der Waals surface area contributed by atoms with Crippen molar-refractivity contribution in [3.05, 3.63) is 32.6 Å². The normalized spacial score (nSPS) is 20.5. The number of hydrogen-bond acceptors (Lipinski definition) is 8. The zero-order chi connectivity index (χ0) is 23.3. The predicted octanol–water partition coefficient (Wildman–Crippen LogP) is -0.260. The molecule has 2 rings (SSSR count). The fourth-order valence-corrected chi connectivity index (χ4v) is 3.41. The quantitative estimate of drug-likeness (QED) is 0.199. The highest BCUT2D eigenvalue weighted by Crippen LogP contribution is 2.27. The van der Waals surface area contributed by atoms with Crippen LogP contribution < -0.4 is 16.6 Å². The minimum absolute atomic E-state index is 0.0432. The highest BCUT2D eigenvalue weighted by Gasteiger charge is 2.35. The number of halogens is 1. The van der Waals surface area contributed by atoms with Crippen LogP contribution in [0.3, 0.4) is 0 Å². The van der Waals surface area contributed by atoms with Crippen molar-refractivity contribution in [1.29, 1.82) is 0 Å². The topological polar surface area (TPSA) is 152 Å². The summed E-state index contributed by atoms with van der Waals surface area (Å²) in [6, 6.07) is 0. The van der Waals surface area contributed by atoms with Crippen LogP contribution in [0.15, 0.2) is 15.8 Å². The Hall–Kier alpha value is -1.76. The molecule has 4 N–H and O–H groups in total. The Bertz CT molecular complexity index is 815. The lowest BCUT2D eigenvalue weighted by molar-refractivity contribution is -0.0459. The highest BCUT2D eigenvalue weighted by atomic mass is 35.5. The number of carbonyl (C=O) groups excluding carboxylic acids is 1. The predicted molar refractivity (Wildman–Crippen MR) is 116 cm³/mol. The Morgan fingerprint density at radius 2 is 1.91 bits per heavy atom. The standard InChI is InChI=1S/C20H32ClN3O8/c21-5-3-1-2-4-7-30-9-10-31-8-6-22-18(27)14-12-24(20(29)23-19(14)28)17-11-15(26)16(13-25)32-17/h12,15-17,25-26H,1-11,13H2,(H,22,27)(H,23,28,29)/t15?,16-,17-/m1/s1. The molecule has 0 aromatic carbocycles. The van der Waals surface area contributed by atoms with Crippen LogP contribution in [0, 0.1) is 0 Å². The summed E-state index contributed by atoms with van der Waals surface area (Å²) in [6.07, 6.45) is 2.62. The summed E-state index contributed by atoms with van der Waals surface area (Å²) in [5.74, 6) is 0.0160. The van der Waals surface area contributed by atoms with E-state index in [0.717, 1.165) is 36.4 Å². The number of nitrogens with zero attached hydrogens (tertiary/aromatic N) is 1. The fraction of sp³-hybridized carbons (Fsp3) is 0.750. The van der Waals surface area contributed by atoms with Crippen LogP contribution in [-0.2, 0) is 14.2 Å². The number of carbonyl (C=O) groups is 1. The maximum atomic E-state index is 12.3. The summed E-state index contributed by atoms with van der Waals surface area (Å²) in [5, 5.41) is 21.6. The number of aromatic nitrogens is 2. The van der Waals surface area contributed by atoms with Crippen molar-refractivity contribution in [3.63, 3.8) is 0 Å². The Kier molecular flexibility index (Phi) is 11.9. The van der Waals surface area contributed by atoms with E-state index in [1.165, 1.54) is 0 Å². The summed E-state index contributed by atoms with van der Waals surface area (Å²) < 4.78 is 17.3. The molecule has 1 aromatic rings. The van der Waals surface area contributed by atoms with Crippen molar-refractivity contribution in [2.45, 2.75) is 50.5 Å². The van der Waals surface area contributed by atoms with E-state index in [2.05, 4.69) is 10.3 Å². The van der Waals surface area contributed by atoms with Crippen molar-refractivity contribution in [2.24, 2.45) is 0 Å². The van der Waals surface area contributed by atoms with Crippen LogP contribution in [0.2, 0.25) is 0 Å². The third-order valence-electron chi connectivity index (χ3n) is 4.98. The number of aliphatic hydroxyl groups excluding tert-OH is 2. The largest absolute Gasteiger partial charge is 0.394 e. The van der Waals surface area contributed by atoms with E-state index in [4.69, 9.17) is 25.8 Å². The number of H-pyrrole nitrogens is 1. The summed E-state index contributed by atoms with van der Waals surface area (Å²) in [6.45, 7) is 1.50. The molecule has 1 aliphatic heterocycles. The number of nitrogens with one attached hydrogen (secondary N) is 2. The SMILES string of the molecule is O=C(NCCOCCOCCCCCCCl)c1cn([C@H]2CC(O)[C@@H](CO)O2)c(=O)[nH]c1=O. The molecule has 2 heterocycles. The van der Waals surface area contributed by atoms with Gasteiger partial charge in [0.25, 0.3) is 11.5 Å². The van der Waals surface area contributed by atoms with Crippen molar-refractivity contribution >= 4 is 17.5 Å². The molecule has 1 saturated heterocycles. The molecule has 1 fully saturated rings. The van der Waals surface area contributed by atoms with E-state index in [1.807, 2.05) is 0 Å². The number of amides is 1. The first-order valence-corrected chi connectivity index (χ1v) is 11.3. The number of ether oxygens (including phenoxy) is 3. The van der Waals surface area contributed by atoms with Gasteiger partial charge in [-0.1, -0.05) is 12.8 Å². The molecule has 0 aliphatic carbocycles. The molecule has 12 heteroatoms. The van der Waals surface area contributed by atoms with Crippen LogP contribution in [0.25, 0.3) is 0 Å². The molecule has 11 nitrogen and oxygen atoms in total. The zero-order valence-corrected chi connectivity index (χ0v) is 18.7. The van der Waals surface area contributed by atoms with E-state index >= 15 is 0 Å². The van der Waals surface area contributed by atoms with Crippen LogP contribution in [0.5, 0.6) is 0 Å². The lowest BCUT2D eigenvalue weighted by atomic mass is 10.2. The van der Waals surface area contributed by atoms with Crippen molar-refractivity contribution in [2.75, 3.05) is 45.5 Å². The molecule has 0 bridgehead atoms. The third-order valence-corrected chi connectivity index (χ3v) is 5.25. The van der Waals surface area contributed by atoms with Gasteiger partial charge in [0.15, 0.2) is 0 Å². The molecule has 0 spiro atoms. The summed E-state index contributed by atoms with van der Waals surface area (Å²) >= 11 is 5.62. The Morgan fingerprint density at radius 1 is 1.19 bits per heavy atom. The van der Waals surface area contributed by atoms with Crippen LogP contribution in [0.4, 0.5) is 0 Å². The van der Waals surface area contributed by atoms with Crippen molar-refractivity contribution < 1.29 is 29.2 Å². The summed E-state index contributed by atoms with van der Waals surface area (Å²) in [5.41, 5.74) is -1.88. The first kappa shape index (κ1) is 26.5. The van der Waals surface area contributed by atoms with Gasteiger partial charge in [-0.3, -0.25) is 19.1 Å². The monoisotopic (exact) mass is 477 g/mol. The van der Waals surface area contributed by atoms with Crippen LogP contribution in [0.1, 0.15) is 48.7 Å².